The Bertz CT molecular complexity index is 674. The van der Waals surface area contributed by atoms with Crippen LogP contribution in [-0.2, 0) is 4.79 Å². The number of likely N-dealkylation sites (N-methyl/N-ethyl adjacent to an activating group) is 1. The van der Waals surface area contributed by atoms with E-state index in [1.165, 1.54) is 5.56 Å². The lowest BCUT2D eigenvalue weighted by Crippen LogP contribution is -2.35. The number of nitrogens with zero attached hydrogens (tertiary/aromatic N) is 1. The van der Waals surface area contributed by atoms with Crippen LogP contribution in [0.2, 0.25) is 5.02 Å². The first-order valence-corrected chi connectivity index (χ1v) is 8.33. The number of hydrogen-bond donors (Lipinski definition) is 2. The third-order valence-electron chi connectivity index (χ3n) is 3.90. The topological polar surface area (TPSA) is 44.4 Å². The average Bonchev–Trinajstić information content (AvgIpc) is 2.55. The van der Waals surface area contributed by atoms with E-state index in [4.69, 9.17) is 11.6 Å². The molecule has 0 heterocycles. The zero-order valence-corrected chi connectivity index (χ0v) is 15.1. The van der Waals surface area contributed by atoms with Crippen LogP contribution < -0.4 is 10.6 Å². The number of halogens is 1. The molecule has 0 saturated carbocycles. The van der Waals surface area contributed by atoms with Gasteiger partial charge >= 0.3 is 0 Å². The van der Waals surface area contributed by atoms with Gasteiger partial charge in [-0.2, -0.15) is 0 Å². The SMILES string of the molecule is Cc1ccc(Cl)cc1NC(=O)CNC[C@@H](c1ccccc1)N(C)C. The molecule has 0 spiro atoms. The van der Waals surface area contributed by atoms with E-state index in [2.05, 4.69) is 27.7 Å². The van der Waals surface area contributed by atoms with Gasteiger partial charge in [-0.15, -0.1) is 0 Å². The summed E-state index contributed by atoms with van der Waals surface area (Å²) in [6.07, 6.45) is 0. The summed E-state index contributed by atoms with van der Waals surface area (Å²) in [6, 6.07) is 15.9. The summed E-state index contributed by atoms with van der Waals surface area (Å²) in [5.41, 5.74) is 2.96. The summed E-state index contributed by atoms with van der Waals surface area (Å²) in [7, 11) is 4.07. The quantitative estimate of drug-likeness (QED) is 0.807. The van der Waals surface area contributed by atoms with E-state index >= 15 is 0 Å². The van der Waals surface area contributed by atoms with Crippen LogP contribution in [0.4, 0.5) is 5.69 Å². The van der Waals surface area contributed by atoms with Crippen molar-refractivity contribution in [3.63, 3.8) is 0 Å². The molecule has 2 aromatic carbocycles. The Hall–Kier alpha value is -1.88. The summed E-state index contributed by atoms with van der Waals surface area (Å²) in [5.74, 6) is -0.0778. The molecule has 1 atom stereocenters. The Morgan fingerprint density at radius 3 is 2.54 bits per heavy atom. The smallest absolute Gasteiger partial charge is 0.238 e. The third kappa shape index (κ3) is 5.34. The number of carbonyl (C=O) groups is 1. The number of benzene rings is 2. The molecule has 0 bridgehead atoms. The van der Waals surface area contributed by atoms with Gasteiger partial charge in [0, 0.05) is 23.3 Å². The van der Waals surface area contributed by atoms with Crippen molar-refractivity contribution in [2.75, 3.05) is 32.5 Å². The maximum absolute atomic E-state index is 12.1. The molecular formula is C19H24ClN3O. The Morgan fingerprint density at radius 1 is 1.17 bits per heavy atom. The Kier molecular flexibility index (Phi) is 6.79. The number of anilines is 1. The van der Waals surface area contributed by atoms with Crippen LogP contribution in [0.5, 0.6) is 0 Å². The predicted molar refractivity (Wildman–Crippen MR) is 101 cm³/mol. The van der Waals surface area contributed by atoms with Crippen LogP contribution in [-0.4, -0.2) is 38.0 Å². The van der Waals surface area contributed by atoms with Crippen molar-refractivity contribution in [2.24, 2.45) is 0 Å². The lowest BCUT2D eigenvalue weighted by molar-refractivity contribution is -0.115. The summed E-state index contributed by atoms with van der Waals surface area (Å²) in [5, 5.41) is 6.74. The number of nitrogens with one attached hydrogen (secondary N) is 2. The summed E-state index contributed by atoms with van der Waals surface area (Å²) in [6.45, 7) is 2.89. The molecule has 0 aliphatic rings. The molecule has 128 valence electrons. The number of amides is 1. The first-order chi connectivity index (χ1) is 11.5. The second kappa shape index (κ2) is 8.83. The molecular weight excluding hydrogens is 322 g/mol. The molecule has 0 unspecified atom stereocenters. The maximum Gasteiger partial charge on any atom is 0.238 e. The van der Waals surface area contributed by atoms with Crippen molar-refractivity contribution in [3.8, 4) is 0 Å². The highest BCUT2D eigenvalue weighted by Gasteiger charge is 2.14. The highest BCUT2D eigenvalue weighted by molar-refractivity contribution is 6.31. The lowest BCUT2D eigenvalue weighted by Gasteiger charge is -2.25. The van der Waals surface area contributed by atoms with Gasteiger partial charge in [0.2, 0.25) is 5.91 Å². The van der Waals surface area contributed by atoms with E-state index in [0.717, 1.165) is 11.3 Å². The zero-order valence-electron chi connectivity index (χ0n) is 14.3. The van der Waals surface area contributed by atoms with Crippen molar-refractivity contribution < 1.29 is 4.79 Å². The van der Waals surface area contributed by atoms with Crippen molar-refractivity contribution in [2.45, 2.75) is 13.0 Å². The van der Waals surface area contributed by atoms with E-state index in [9.17, 15) is 4.79 Å². The Morgan fingerprint density at radius 2 is 1.88 bits per heavy atom. The molecule has 4 nitrogen and oxygen atoms in total. The molecule has 2 N–H and O–H groups in total. The molecule has 0 fully saturated rings. The van der Waals surface area contributed by atoms with Gasteiger partial charge in [0.1, 0.15) is 0 Å². The summed E-state index contributed by atoms with van der Waals surface area (Å²) in [4.78, 5) is 14.3. The van der Waals surface area contributed by atoms with E-state index in [1.54, 1.807) is 6.07 Å². The van der Waals surface area contributed by atoms with Gasteiger partial charge in [0.05, 0.1) is 6.54 Å². The average molecular weight is 346 g/mol. The monoisotopic (exact) mass is 345 g/mol. The van der Waals surface area contributed by atoms with Crippen molar-refractivity contribution >= 4 is 23.2 Å². The van der Waals surface area contributed by atoms with E-state index < -0.39 is 0 Å². The lowest BCUT2D eigenvalue weighted by atomic mass is 10.1. The molecule has 0 aliphatic carbocycles. The molecule has 0 aromatic heterocycles. The summed E-state index contributed by atoms with van der Waals surface area (Å²) < 4.78 is 0. The van der Waals surface area contributed by atoms with Crippen LogP contribution in [0.25, 0.3) is 0 Å². The number of hydrogen-bond acceptors (Lipinski definition) is 3. The Labute approximate surface area is 148 Å². The normalized spacial score (nSPS) is 12.2. The van der Waals surface area contributed by atoms with Gasteiger partial charge in [-0.1, -0.05) is 48.0 Å². The summed E-state index contributed by atoms with van der Waals surface area (Å²) >= 11 is 5.98. The fourth-order valence-corrected chi connectivity index (χ4v) is 2.69. The molecule has 2 rings (SSSR count). The van der Waals surface area contributed by atoms with Crippen LogP contribution in [0.1, 0.15) is 17.2 Å². The molecule has 0 saturated heterocycles. The largest absolute Gasteiger partial charge is 0.325 e. The minimum atomic E-state index is -0.0778. The number of rotatable bonds is 7. The fourth-order valence-electron chi connectivity index (χ4n) is 2.52. The van der Waals surface area contributed by atoms with Crippen molar-refractivity contribution in [3.05, 3.63) is 64.7 Å². The van der Waals surface area contributed by atoms with Crippen molar-refractivity contribution in [1.82, 2.24) is 10.2 Å². The van der Waals surface area contributed by atoms with Gasteiger partial charge in [-0.25, -0.2) is 0 Å². The van der Waals surface area contributed by atoms with E-state index in [-0.39, 0.29) is 18.5 Å². The highest BCUT2D eigenvalue weighted by atomic mass is 35.5. The zero-order chi connectivity index (χ0) is 17.5. The second-order valence-electron chi connectivity index (χ2n) is 6.03. The third-order valence-corrected chi connectivity index (χ3v) is 4.14. The number of carbonyl (C=O) groups excluding carboxylic acids is 1. The molecule has 5 heteroatoms. The van der Waals surface area contributed by atoms with Crippen LogP contribution >= 0.6 is 11.6 Å². The van der Waals surface area contributed by atoms with Crippen molar-refractivity contribution in [1.29, 1.82) is 0 Å². The van der Waals surface area contributed by atoms with Gasteiger partial charge < -0.3 is 15.5 Å². The molecule has 24 heavy (non-hydrogen) atoms. The number of aryl methyl sites for hydroxylation is 1. The maximum atomic E-state index is 12.1. The first kappa shape index (κ1) is 18.5. The molecule has 1 amide bonds. The minimum Gasteiger partial charge on any atom is -0.325 e. The van der Waals surface area contributed by atoms with E-state index in [0.29, 0.717) is 11.6 Å². The molecule has 0 aliphatic heterocycles. The van der Waals surface area contributed by atoms with Gasteiger partial charge in [-0.3, -0.25) is 4.79 Å². The van der Waals surface area contributed by atoms with Gasteiger partial charge in [0.25, 0.3) is 0 Å². The predicted octanol–water partition coefficient (Wildman–Crippen LogP) is 3.48. The minimum absolute atomic E-state index is 0.0778. The van der Waals surface area contributed by atoms with Crippen LogP contribution in [0.15, 0.2) is 48.5 Å². The van der Waals surface area contributed by atoms with Gasteiger partial charge in [0.15, 0.2) is 0 Å². The van der Waals surface area contributed by atoms with Gasteiger partial charge in [-0.05, 0) is 44.3 Å². The van der Waals surface area contributed by atoms with E-state index in [1.807, 2.05) is 51.4 Å². The Balaban J connectivity index is 1.88. The highest BCUT2D eigenvalue weighted by Crippen LogP contribution is 2.20. The fraction of sp³-hybridized carbons (Fsp3) is 0.316. The molecule has 2 aromatic rings. The van der Waals surface area contributed by atoms with Crippen LogP contribution in [0, 0.1) is 6.92 Å². The van der Waals surface area contributed by atoms with Crippen LogP contribution in [0.3, 0.4) is 0 Å². The molecule has 0 radical (unpaired) electrons. The second-order valence-corrected chi connectivity index (χ2v) is 6.46. The first-order valence-electron chi connectivity index (χ1n) is 7.95. The standard InChI is InChI=1S/C19H24ClN3O/c1-14-9-10-16(20)11-17(14)22-19(24)13-21-12-18(23(2)3)15-7-5-4-6-8-15/h4-11,18,21H,12-13H2,1-3H3,(H,22,24)/t18-/m0/s1.